The molecule has 0 bridgehead atoms. The molecule has 3 heteroatoms. The molecule has 1 fully saturated rings. The lowest BCUT2D eigenvalue weighted by molar-refractivity contribution is 0.222. The van der Waals surface area contributed by atoms with E-state index in [0.717, 1.165) is 25.1 Å². The largest absolute Gasteiger partial charge is 0.489 e. The summed E-state index contributed by atoms with van der Waals surface area (Å²) in [5, 5.41) is 3.20. The second kappa shape index (κ2) is 3.96. The van der Waals surface area contributed by atoms with E-state index in [1.54, 1.807) is 0 Å². The Morgan fingerprint density at radius 2 is 2.29 bits per heavy atom. The van der Waals surface area contributed by atoms with E-state index in [1.807, 2.05) is 13.0 Å². The highest BCUT2D eigenvalue weighted by Crippen LogP contribution is 2.18. The van der Waals surface area contributed by atoms with Crippen LogP contribution in [0.3, 0.4) is 0 Å². The van der Waals surface area contributed by atoms with E-state index in [-0.39, 0.29) is 11.9 Å². The highest BCUT2D eigenvalue weighted by atomic mass is 19.1. The molecule has 1 saturated heterocycles. The summed E-state index contributed by atoms with van der Waals surface area (Å²) in [6.07, 6.45) is 1.19. The first kappa shape index (κ1) is 9.46. The van der Waals surface area contributed by atoms with Gasteiger partial charge in [-0.2, -0.15) is 0 Å². The van der Waals surface area contributed by atoms with Crippen molar-refractivity contribution in [3.05, 3.63) is 29.6 Å². The van der Waals surface area contributed by atoms with Gasteiger partial charge < -0.3 is 10.1 Å². The zero-order valence-corrected chi connectivity index (χ0v) is 8.22. The third-order valence-electron chi connectivity index (χ3n) is 2.33. The topological polar surface area (TPSA) is 21.3 Å². The highest BCUT2D eigenvalue weighted by Gasteiger charge is 2.15. The van der Waals surface area contributed by atoms with Gasteiger partial charge in [0.05, 0.1) is 0 Å². The molecular formula is C11H14FNO. The Morgan fingerprint density at radius 3 is 2.93 bits per heavy atom. The van der Waals surface area contributed by atoms with Gasteiger partial charge in [-0.25, -0.2) is 4.39 Å². The Kier molecular flexibility index (Phi) is 2.68. The molecule has 1 atom stereocenters. The molecular weight excluding hydrogens is 181 g/mol. The average molecular weight is 195 g/mol. The number of nitrogens with one attached hydrogen (secondary N) is 1. The first-order valence-electron chi connectivity index (χ1n) is 4.88. The summed E-state index contributed by atoms with van der Waals surface area (Å²) in [7, 11) is 0. The number of hydrogen-bond acceptors (Lipinski definition) is 2. The van der Waals surface area contributed by atoms with Crippen LogP contribution < -0.4 is 10.1 Å². The van der Waals surface area contributed by atoms with Crippen LogP contribution in [0.2, 0.25) is 0 Å². The Morgan fingerprint density at radius 1 is 1.43 bits per heavy atom. The number of hydrogen-bond donors (Lipinski definition) is 1. The second-order valence-corrected chi connectivity index (χ2v) is 3.70. The smallest absolute Gasteiger partial charge is 0.127 e. The van der Waals surface area contributed by atoms with E-state index in [0.29, 0.717) is 5.75 Å². The van der Waals surface area contributed by atoms with Crippen molar-refractivity contribution in [3.8, 4) is 5.75 Å². The Bertz CT molecular complexity index is 301. The molecule has 1 unspecified atom stereocenters. The van der Waals surface area contributed by atoms with E-state index in [2.05, 4.69) is 5.32 Å². The van der Waals surface area contributed by atoms with Crippen LogP contribution in [0.4, 0.5) is 4.39 Å². The zero-order valence-electron chi connectivity index (χ0n) is 8.22. The van der Waals surface area contributed by atoms with Crippen molar-refractivity contribution in [3.63, 3.8) is 0 Å². The summed E-state index contributed by atoms with van der Waals surface area (Å²) >= 11 is 0. The van der Waals surface area contributed by atoms with Crippen molar-refractivity contribution >= 4 is 0 Å². The monoisotopic (exact) mass is 195 g/mol. The summed E-state index contributed by atoms with van der Waals surface area (Å²) in [6, 6.07) is 4.80. The van der Waals surface area contributed by atoms with Crippen LogP contribution in [0.15, 0.2) is 18.2 Å². The van der Waals surface area contributed by atoms with Crippen molar-refractivity contribution in [2.24, 2.45) is 0 Å². The van der Waals surface area contributed by atoms with Gasteiger partial charge in [0, 0.05) is 12.6 Å². The van der Waals surface area contributed by atoms with Crippen LogP contribution >= 0.6 is 0 Å². The molecule has 1 heterocycles. The van der Waals surface area contributed by atoms with Gasteiger partial charge in [0.15, 0.2) is 0 Å². The minimum atomic E-state index is -0.231. The van der Waals surface area contributed by atoms with Crippen molar-refractivity contribution in [2.75, 3.05) is 13.1 Å². The maximum atomic E-state index is 13.0. The predicted octanol–water partition coefficient (Wildman–Crippen LogP) is 1.87. The molecule has 76 valence electrons. The average Bonchev–Trinajstić information content (AvgIpc) is 2.54. The van der Waals surface area contributed by atoms with Gasteiger partial charge in [-0.3, -0.25) is 0 Å². The molecule has 1 aromatic carbocycles. The third-order valence-corrected chi connectivity index (χ3v) is 2.33. The van der Waals surface area contributed by atoms with E-state index < -0.39 is 0 Å². The van der Waals surface area contributed by atoms with Gasteiger partial charge in [0.2, 0.25) is 0 Å². The van der Waals surface area contributed by atoms with Crippen LogP contribution in [0.5, 0.6) is 5.75 Å². The number of ether oxygens (including phenoxy) is 1. The lowest BCUT2D eigenvalue weighted by Crippen LogP contribution is -2.19. The lowest BCUT2D eigenvalue weighted by atomic mass is 10.2. The maximum absolute atomic E-state index is 13.0. The molecule has 0 spiro atoms. The zero-order chi connectivity index (χ0) is 9.97. The number of benzene rings is 1. The molecule has 0 amide bonds. The first-order valence-corrected chi connectivity index (χ1v) is 4.88. The van der Waals surface area contributed by atoms with Crippen molar-refractivity contribution in [1.29, 1.82) is 0 Å². The SMILES string of the molecule is Cc1cc(F)cc(OC2CCNC2)c1. The molecule has 0 radical (unpaired) electrons. The molecule has 2 nitrogen and oxygen atoms in total. The second-order valence-electron chi connectivity index (χ2n) is 3.70. The first-order chi connectivity index (χ1) is 6.74. The van der Waals surface area contributed by atoms with Crippen LogP contribution in [0.1, 0.15) is 12.0 Å². The molecule has 1 N–H and O–H groups in total. The fourth-order valence-corrected chi connectivity index (χ4v) is 1.69. The fourth-order valence-electron chi connectivity index (χ4n) is 1.69. The molecule has 14 heavy (non-hydrogen) atoms. The number of halogens is 1. The van der Waals surface area contributed by atoms with E-state index >= 15 is 0 Å². The van der Waals surface area contributed by atoms with Crippen molar-refractivity contribution in [2.45, 2.75) is 19.4 Å². The minimum Gasteiger partial charge on any atom is -0.489 e. The summed E-state index contributed by atoms with van der Waals surface area (Å²) in [5.74, 6) is 0.405. The van der Waals surface area contributed by atoms with Crippen molar-refractivity contribution < 1.29 is 9.13 Å². The van der Waals surface area contributed by atoms with Gasteiger partial charge in [0.25, 0.3) is 0 Å². The number of aryl methyl sites for hydroxylation is 1. The molecule has 0 aliphatic carbocycles. The van der Waals surface area contributed by atoms with Crippen LogP contribution in [0.25, 0.3) is 0 Å². The predicted molar refractivity (Wildman–Crippen MR) is 53.0 cm³/mol. The molecule has 0 aromatic heterocycles. The normalized spacial score (nSPS) is 21.1. The Hall–Kier alpha value is -1.09. The summed E-state index contributed by atoms with van der Waals surface area (Å²) in [5.41, 5.74) is 0.894. The van der Waals surface area contributed by atoms with Crippen LogP contribution in [0, 0.1) is 12.7 Å². The number of rotatable bonds is 2. The Balaban J connectivity index is 2.07. The molecule has 2 rings (SSSR count). The van der Waals surface area contributed by atoms with Crippen molar-refractivity contribution in [1.82, 2.24) is 5.32 Å². The van der Waals surface area contributed by atoms with Gasteiger partial charge in [0.1, 0.15) is 17.7 Å². The van der Waals surface area contributed by atoms with Gasteiger partial charge >= 0.3 is 0 Å². The van der Waals surface area contributed by atoms with Gasteiger partial charge in [-0.1, -0.05) is 0 Å². The fraction of sp³-hybridized carbons (Fsp3) is 0.455. The quantitative estimate of drug-likeness (QED) is 0.778. The summed E-state index contributed by atoms with van der Waals surface area (Å²) in [4.78, 5) is 0. The highest BCUT2D eigenvalue weighted by molar-refractivity contribution is 5.28. The summed E-state index contributed by atoms with van der Waals surface area (Å²) in [6.45, 7) is 3.71. The minimum absolute atomic E-state index is 0.191. The standard InChI is InChI=1S/C11H14FNO/c1-8-4-9(12)6-11(5-8)14-10-2-3-13-7-10/h4-6,10,13H,2-3,7H2,1H3. The maximum Gasteiger partial charge on any atom is 0.127 e. The molecule has 1 aliphatic heterocycles. The van der Waals surface area contributed by atoms with Gasteiger partial charge in [-0.15, -0.1) is 0 Å². The van der Waals surface area contributed by atoms with Gasteiger partial charge in [-0.05, 0) is 37.6 Å². The molecule has 1 aromatic rings. The lowest BCUT2D eigenvalue weighted by Gasteiger charge is -2.12. The summed E-state index contributed by atoms with van der Waals surface area (Å²) < 4.78 is 18.6. The molecule has 0 saturated carbocycles. The van der Waals surface area contributed by atoms with E-state index in [1.165, 1.54) is 12.1 Å². The Labute approximate surface area is 83.1 Å². The molecule has 1 aliphatic rings. The third kappa shape index (κ3) is 2.23. The van der Waals surface area contributed by atoms with E-state index in [9.17, 15) is 4.39 Å². The van der Waals surface area contributed by atoms with Crippen LogP contribution in [-0.2, 0) is 0 Å². The van der Waals surface area contributed by atoms with Crippen LogP contribution in [-0.4, -0.2) is 19.2 Å². The van der Waals surface area contributed by atoms with E-state index in [4.69, 9.17) is 4.74 Å².